The van der Waals surface area contributed by atoms with Crippen LogP contribution in [0.3, 0.4) is 0 Å². The van der Waals surface area contributed by atoms with Crippen molar-refractivity contribution in [3.8, 4) is 16.9 Å². The van der Waals surface area contributed by atoms with Crippen LogP contribution >= 0.6 is 11.6 Å². The van der Waals surface area contributed by atoms with E-state index in [9.17, 15) is 39.9 Å². The highest BCUT2D eigenvalue weighted by Gasteiger charge is 2.62. The number of aromatic nitrogens is 3. The van der Waals surface area contributed by atoms with Gasteiger partial charge < -0.3 is 9.88 Å². The maximum absolute atomic E-state index is 14.0. The van der Waals surface area contributed by atoms with Gasteiger partial charge in [-0.05, 0) is 30.5 Å². The first-order chi connectivity index (χ1) is 16.1. The van der Waals surface area contributed by atoms with Crippen LogP contribution in [0.1, 0.15) is 34.3 Å². The van der Waals surface area contributed by atoms with Gasteiger partial charge >= 0.3 is 18.3 Å². The number of rotatable bonds is 5. The minimum absolute atomic E-state index is 0.0344. The third-order valence-corrected chi connectivity index (χ3v) is 5.71. The molecule has 1 N–H and O–H groups in total. The Hall–Kier alpha value is -3.09. The summed E-state index contributed by atoms with van der Waals surface area (Å²) in [7, 11) is 0.893. The van der Waals surface area contributed by atoms with Crippen molar-refractivity contribution >= 4 is 17.5 Å². The summed E-state index contributed by atoms with van der Waals surface area (Å²) in [6.07, 6.45) is -7.97. The average molecular weight is 527 g/mol. The molecule has 0 spiro atoms. The number of nitrogens with one attached hydrogen (secondary N) is 1. The topological polar surface area (TPSA) is 51.9 Å². The van der Waals surface area contributed by atoms with Crippen LogP contribution in [0, 0.1) is 0 Å². The van der Waals surface area contributed by atoms with Crippen molar-refractivity contribution in [1.82, 2.24) is 19.7 Å². The van der Waals surface area contributed by atoms with E-state index in [2.05, 4.69) is 10.4 Å². The summed E-state index contributed by atoms with van der Waals surface area (Å²) in [4.78, 5) is 12.4. The molecule has 0 aliphatic heterocycles. The normalized spacial score (nSPS) is 14.9. The van der Waals surface area contributed by atoms with Crippen LogP contribution in [0.25, 0.3) is 16.9 Å². The van der Waals surface area contributed by atoms with E-state index < -0.39 is 41.1 Å². The smallest absolute Gasteiger partial charge is 0.349 e. The average Bonchev–Trinajstić information content (AvgIpc) is 3.27. The summed E-state index contributed by atoms with van der Waals surface area (Å²) < 4.78 is 109. The number of alkyl halides is 8. The molecule has 1 fully saturated rings. The first-order valence-corrected chi connectivity index (χ1v) is 10.4. The van der Waals surface area contributed by atoms with E-state index >= 15 is 0 Å². The van der Waals surface area contributed by atoms with Crippen LogP contribution in [0.2, 0.25) is 5.02 Å². The van der Waals surface area contributed by atoms with Gasteiger partial charge in [0.25, 0.3) is 5.91 Å². The molecule has 5 nitrogen and oxygen atoms in total. The molecule has 3 aromatic rings. The molecule has 4 rings (SSSR count). The third-order valence-electron chi connectivity index (χ3n) is 5.38. The number of halogens is 9. The highest BCUT2D eigenvalue weighted by molar-refractivity contribution is 6.34. The molecule has 0 saturated heterocycles. The lowest BCUT2D eigenvalue weighted by atomic mass is 10.1. The lowest BCUT2D eigenvalue weighted by Crippen LogP contribution is -2.35. The van der Waals surface area contributed by atoms with Gasteiger partial charge in [0.15, 0.2) is 0 Å². The maximum Gasteiger partial charge on any atom is 0.458 e. The van der Waals surface area contributed by atoms with E-state index in [-0.39, 0.29) is 28.4 Å². The Morgan fingerprint density at radius 3 is 2.29 bits per heavy atom. The molecule has 188 valence electrons. The third kappa shape index (κ3) is 4.60. The molecule has 0 radical (unpaired) electrons. The molecule has 1 aromatic carbocycles. The predicted octanol–water partition coefficient (Wildman–Crippen LogP) is 6.10. The molecule has 1 aliphatic rings. The van der Waals surface area contributed by atoms with Gasteiger partial charge in [0.2, 0.25) is 0 Å². The number of hydrogen-bond acceptors (Lipinski definition) is 2. The van der Waals surface area contributed by atoms with Crippen molar-refractivity contribution in [3.63, 3.8) is 0 Å². The van der Waals surface area contributed by atoms with Gasteiger partial charge in [-0.15, -0.1) is 0 Å². The van der Waals surface area contributed by atoms with Gasteiger partial charge in [0, 0.05) is 31.0 Å². The van der Waals surface area contributed by atoms with Crippen LogP contribution in [0.4, 0.5) is 35.1 Å². The molecule has 1 amide bonds. The predicted molar refractivity (Wildman–Crippen MR) is 108 cm³/mol. The minimum Gasteiger partial charge on any atom is -0.349 e. The van der Waals surface area contributed by atoms with Crippen LogP contribution in [-0.4, -0.2) is 32.5 Å². The number of carbonyl (C=O) groups is 1. The fraction of sp³-hybridized carbons (Fsp3) is 0.333. The molecular formula is C21H15ClF8N4O. The fourth-order valence-corrected chi connectivity index (χ4v) is 3.72. The molecule has 35 heavy (non-hydrogen) atoms. The Morgan fingerprint density at radius 2 is 1.71 bits per heavy atom. The first kappa shape index (κ1) is 25.0. The molecule has 14 heteroatoms. The van der Waals surface area contributed by atoms with Gasteiger partial charge in [-0.2, -0.15) is 40.2 Å². The Balaban J connectivity index is 1.79. The summed E-state index contributed by atoms with van der Waals surface area (Å²) in [6.45, 7) is 0. The van der Waals surface area contributed by atoms with Crippen molar-refractivity contribution in [1.29, 1.82) is 0 Å². The van der Waals surface area contributed by atoms with Crippen molar-refractivity contribution in [2.24, 2.45) is 7.05 Å². The standard InChI is InChI=1S/C21H15ClF8N4O/c1-33-9-14(19(23,24)21(28,29)30)16(20(25,26)27)18(33)34-8-11(7-31-34)10-2-5-15(22)13(6-10)17(35)32-12-3-4-12/h2,5-9,12H,3-4H2,1H3,(H,32,35). The van der Waals surface area contributed by atoms with Crippen LogP contribution in [0.5, 0.6) is 0 Å². The van der Waals surface area contributed by atoms with Crippen LogP contribution in [0.15, 0.2) is 36.8 Å². The first-order valence-electron chi connectivity index (χ1n) is 9.98. The molecule has 2 aromatic heterocycles. The zero-order chi connectivity index (χ0) is 25.9. The number of benzene rings is 1. The summed E-state index contributed by atoms with van der Waals surface area (Å²) in [5.74, 6) is -7.25. The maximum atomic E-state index is 14.0. The number of hydrogen-bond donors (Lipinski definition) is 1. The van der Waals surface area contributed by atoms with E-state index in [1.807, 2.05) is 0 Å². The Kier molecular flexibility index (Phi) is 5.89. The highest BCUT2D eigenvalue weighted by Crippen LogP contribution is 2.50. The van der Waals surface area contributed by atoms with Gasteiger partial charge in [0.05, 0.1) is 22.3 Å². The minimum atomic E-state index is -6.25. The molecule has 0 unspecified atom stereocenters. The highest BCUT2D eigenvalue weighted by atomic mass is 35.5. The number of aryl methyl sites for hydroxylation is 1. The second-order valence-corrected chi connectivity index (χ2v) is 8.45. The number of carbonyl (C=O) groups excluding carboxylic acids is 1. The SMILES string of the molecule is Cn1cc(C(F)(F)C(F)(F)F)c(C(F)(F)F)c1-n1cc(-c2ccc(Cl)c(C(=O)NC3CC3)c2)cn1. The van der Waals surface area contributed by atoms with Gasteiger partial charge in [-0.3, -0.25) is 4.79 Å². The summed E-state index contributed by atoms with van der Waals surface area (Å²) in [5, 5.41) is 6.62. The number of amides is 1. The van der Waals surface area contributed by atoms with Gasteiger partial charge in [-0.1, -0.05) is 17.7 Å². The van der Waals surface area contributed by atoms with E-state index in [4.69, 9.17) is 11.6 Å². The molecule has 1 saturated carbocycles. The lowest BCUT2D eigenvalue weighted by molar-refractivity contribution is -0.290. The summed E-state index contributed by atoms with van der Waals surface area (Å²) in [6, 6.07) is 4.26. The lowest BCUT2D eigenvalue weighted by Gasteiger charge is -2.21. The zero-order valence-electron chi connectivity index (χ0n) is 17.6. The van der Waals surface area contributed by atoms with Crippen molar-refractivity contribution in [3.05, 3.63) is 58.5 Å². The summed E-state index contributed by atoms with van der Waals surface area (Å²) in [5.41, 5.74) is -3.83. The quantitative estimate of drug-likeness (QED) is 0.409. The fourth-order valence-electron chi connectivity index (χ4n) is 3.52. The second-order valence-electron chi connectivity index (χ2n) is 8.04. The van der Waals surface area contributed by atoms with E-state index in [1.54, 1.807) is 0 Å². The number of nitrogens with zero attached hydrogens (tertiary/aromatic N) is 3. The van der Waals surface area contributed by atoms with Crippen molar-refractivity contribution in [2.45, 2.75) is 37.2 Å². The Morgan fingerprint density at radius 1 is 1.06 bits per heavy atom. The largest absolute Gasteiger partial charge is 0.458 e. The molecular weight excluding hydrogens is 512 g/mol. The Bertz CT molecular complexity index is 1290. The van der Waals surface area contributed by atoms with Crippen LogP contribution in [-0.2, 0) is 19.1 Å². The van der Waals surface area contributed by atoms with E-state index in [0.717, 1.165) is 32.3 Å². The zero-order valence-corrected chi connectivity index (χ0v) is 18.4. The molecule has 2 heterocycles. The van der Waals surface area contributed by atoms with E-state index in [1.165, 1.54) is 18.2 Å². The second kappa shape index (κ2) is 8.25. The summed E-state index contributed by atoms with van der Waals surface area (Å²) >= 11 is 6.08. The van der Waals surface area contributed by atoms with Gasteiger partial charge in [0.1, 0.15) is 11.4 Å². The molecule has 1 aliphatic carbocycles. The molecule has 0 bridgehead atoms. The van der Waals surface area contributed by atoms with Crippen molar-refractivity contribution in [2.75, 3.05) is 0 Å². The van der Waals surface area contributed by atoms with Crippen molar-refractivity contribution < 1.29 is 39.9 Å². The molecule has 0 atom stereocenters. The monoisotopic (exact) mass is 526 g/mol. The Labute approximate surface area is 197 Å². The van der Waals surface area contributed by atoms with E-state index in [0.29, 0.717) is 14.8 Å². The van der Waals surface area contributed by atoms with Gasteiger partial charge in [-0.25, -0.2) is 4.68 Å². The van der Waals surface area contributed by atoms with Crippen LogP contribution < -0.4 is 5.32 Å².